The van der Waals surface area contributed by atoms with Crippen molar-refractivity contribution in [1.29, 1.82) is 0 Å². The summed E-state index contributed by atoms with van der Waals surface area (Å²) in [5.74, 6) is -0.558. The molecule has 0 radical (unpaired) electrons. The first kappa shape index (κ1) is 22.0. The Hall–Kier alpha value is -3.06. The summed E-state index contributed by atoms with van der Waals surface area (Å²) in [5, 5.41) is 33.4. The molecule has 148 valence electrons. The van der Waals surface area contributed by atoms with Gasteiger partial charge in [-0.25, -0.2) is 13.7 Å². The molecular weight excluding hydrogens is 386 g/mol. The van der Waals surface area contributed by atoms with E-state index in [1.54, 1.807) is 20.8 Å². The van der Waals surface area contributed by atoms with E-state index in [0.717, 1.165) is 0 Å². The molecule has 0 aliphatic carbocycles. The van der Waals surface area contributed by atoms with Crippen molar-refractivity contribution in [3.05, 3.63) is 44.0 Å². The largest absolute Gasteiger partial charge is 0.347 e. The van der Waals surface area contributed by atoms with Crippen LogP contribution in [0.2, 0.25) is 0 Å². The maximum Gasteiger partial charge on any atom is 0.297 e. The van der Waals surface area contributed by atoms with Crippen molar-refractivity contribution < 1.29 is 33.2 Å². The Morgan fingerprint density at radius 3 is 2.11 bits per heavy atom. The summed E-state index contributed by atoms with van der Waals surface area (Å²) in [6.07, 6.45) is 0.698. The predicted octanol–water partition coefficient (Wildman–Crippen LogP) is 2.61. The van der Waals surface area contributed by atoms with Gasteiger partial charge in [0, 0.05) is 17.5 Å². The highest BCUT2D eigenvalue weighted by Gasteiger charge is 2.36. The van der Waals surface area contributed by atoms with Crippen LogP contribution >= 0.6 is 0 Å². The summed E-state index contributed by atoms with van der Waals surface area (Å²) >= 11 is 0. The molecule has 1 aromatic rings. The summed E-state index contributed by atoms with van der Waals surface area (Å²) in [6.45, 7) is 4.93. The van der Waals surface area contributed by atoms with E-state index < -0.39 is 47.3 Å². The quantitative estimate of drug-likeness (QED) is 0.285. The van der Waals surface area contributed by atoms with Gasteiger partial charge in [-0.05, 0) is 6.42 Å². The first-order chi connectivity index (χ1) is 12.4. The number of benzene rings is 1. The lowest BCUT2D eigenvalue weighted by Gasteiger charge is -2.21. The molecule has 0 aliphatic rings. The minimum atomic E-state index is -4.71. The molecule has 0 heterocycles. The number of nitro groups is 2. The van der Waals surface area contributed by atoms with Crippen LogP contribution in [0.3, 0.4) is 0 Å². The molecule has 0 aliphatic heterocycles. The molecule has 12 nitrogen and oxygen atoms in total. The highest BCUT2D eigenvalue weighted by atomic mass is 32.2. The SMILES string of the molecule is CCC(C)(C)C(=O)Nc1cc([N+](=O)[O-])c(S(=O)(=O)/C=C/OO)c([N+](=O)[O-])c1. The van der Waals surface area contributed by atoms with Crippen molar-refractivity contribution in [2.24, 2.45) is 5.41 Å². The molecule has 0 bridgehead atoms. The molecule has 2 N–H and O–H groups in total. The molecule has 0 aromatic heterocycles. The number of carbonyl (C=O) groups excluding carboxylic acids is 1. The number of nitrogens with zero attached hydrogens (tertiary/aromatic N) is 2. The van der Waals surface area contributed by atoms with Crippen molar-refractivity contribution in [3.8, 4) is 0 Å². The average Bonchev–Trinajstić information content (AvgIpc) is 2.58. The topological polar surface area (TPSA) is 179 Å². The Bertz CT molecular complexity index is 871. The second-order valence-electron chi connectivity index (χ2n) is 5.97. The van der Waals surface area contributed by atoms with Gasteiger partial charge in [0.05, 0.1) is 20.9 Å². The third-order valence-corrected chi connectivity index (χ3v) is 5.24. The van der Waals surface area contributed by atoms with E-state index in [9.17, 15) is 33.4 Å². The van der Waals surface area contributed by atoms with Crippen LogP contribution < -0.4 is 5.32 Å². The number of rotatable bonds is 8. The van der Waals surface area contributed by atoms with E-state index >= 15 is 0 Å². The summed E-state index contributed by atoms with van der Waals surface area (Å²) in [6, 6.07) is 1.41. The molecule has 0 saturated carbocycles. The van der Waals surface area contributed by atoms with Crippen LogP contribution in [-0.2, 0) is 19.5 Å². The molecule has 0 fully saturated rings. The van der Waals surface area contributed by atoms with E-state index in [-0.39, 0.29) is 17.4 Å². The number of nitrogens with one attached hydrogen (secondary N) is 1. The number of anilines is 1. The van der Waals surface area contributed by atoms with Crippen molar-refractivity contribution in [3.63, 3.8) is 0 Å². The maximum absolute atomic E-state index is 12.2. The third-order valence-electron chi connectivity index (χ3n) is 3.78. The summed E-state index contributed by atoms with van der Waals surface area (Å²) in [7, 11) is -4.71. The van der Waals surface area contributed by atoms with Crippen molar-refractivity contribution in [2.75, 3.05) is 5.32 Å². The van der Waals surface area contributed by atoms with Gasteiger partial charge in [-0.2, -0.15) is 0 Å². The van der Waals surface area contributed by atoms with Gasteiger partial charge in [-0.15, -0.1) is 0 Å². The van der Waals surface area contributed by atoms with Crippen molar-refractivity contribution in [1.82, 2.24) is 0 Å². The highest BCUT2D eigenvalue weighted by Crippen LogP contribution is 2.38. The molecule has 0 saturated heterocycles. The van der Waals surface area contributed by atoms with Crippen LogP contribution in [0.25, 0.3) is 0 Å². The van der Waals surface area contributed by atoms with Gasteiger partial charge in [0.1, 0.15) is 6.26 Å². The predicted molar refractivity (Wildman–Crippen MR) is 92.5 cm³/mol. The third kappa shape index (κ3) is 4.98. The van der Waals surface area contributed by atoms with Gasteiger partial charge in [0.15, 0.2) is 0 Å². The number of carbonyl (C=O) groups is 1. The highest BCUT2D eigenvalue weighted by molar-refractivity contribution is 7.94. The van der Waals surface area contributed by atoms with Crippen LogP contribution in [0.1, 0.15) is 27.2 Å². The minimum Gasteiger partial charge on any atom is -0.347 e. The standard InChI is InChI=1S/C14H17N3O9S/c1-4-14(2,3)13(18)15-9-7-10(16(19)20)12(11(8-9)17(21)22)27(24,25)6-5-26-23/h5-8,23H,4H2,1-3H3,(H,15,18)/b6-5+. The average molecular weight is 403 g/mol. The van der Waals surface area contributed by atoms with Gasteiger partial charge < -0.3 is 10.2 Å². The van der Waals surface area contributed by atoms with E-state index in [1.165, 1.54) is 0 Å². The van der Waals surface area contributed by atoms with Crippen molar-refractivity contribution in [2.45, 2.75) is 32.1 Å². The fraction of sp³-hybridized carbons (Fsp3) is 0.357. The van der Waals surface area contributed by atoms with Crippen LogP contribution in [0.15, 0.2) is 28.7 Å². The molecule has 0 atom stereocenters. The lowest BCUT2D eigenvalue weighted by Crippen LogP contribution is -2.30. The number of sulfone groups is 1. The molecule has 1 aromatic carbocycles. The van der Waals surface area contributed by atoms with Gasteiger partial charge in [0.2, 0.25) is 20.6 Å². The summed E-state index contributed by atoms with van der Waals surface area (Å²) in [4.78, 5) is 34.8. The monoisotopic (exact) mass is 403 g/mol. The van der Waals surface area contributed by atoms with Gasteiger partial charge >= 0.3 is 0 Å². The molecular formula is C14H17N3O9S. The Balaban J connectivity index is 3.69. The number of hydrogen-bond donors (Lipinski definition) is 2. The van der Waals surface area contributed by atoms with Gasteiger partial charge in [-0.1, -0.05) is 20.8 Å². The van der Waals surface area contributed by atoms with E-state index in [4.69, 9.17) is 5.26 Å². The molecule has 1 rings (SSSR count). The van der Waals surface area contributed by atoms with E-state index in [1.807, 2.05) is 0 Å². The van der Waals surface area contributed by atoms with Gasteiger partial charge in [0.25, 0.3) is 11.4 Å². The normalized spacial score (nSPS) is 12.0. The zero-order chi connectivity index (χ0) is 21.0. The first-order valence-electron chi connectivity index (χ1n) is 7.37. The second kappa shape index (κ2) is 8.09. The summed E-state index contributed by atoms with van der Waals surface area (Å²) < 4.78 is 24.4. The van der Waals surface area contributed by atoms with Crippen LogP contribution in [-0.4, -0.2) is 29.4 Å². The lowest BCUT2D eigenvalue weighted by molar-refractivity contribution is -0.399. The molecule has 0 spiro atoms. The fourth-order valence-electron chi connectivity index (χ4n) is 1.86. The van der Waals surface area contributed by atoms with E-state index in [2.05, 4.69) is 10.2 Å². The number of amides is 1. The summed E-state index contributed by atoms with van der Waals surface area (Å²) in [5.41, 5.74) is -3.40. The second-order valence-corrected chi connectivity index (χ2v) is 7.74. The van der Waals surface area contributed by atoms with Gasteiger partial charge in [-0.3, -0.25) is 25.0 Å². The van der Waals surface area contributed by atoms with Crippen molar-refractivity contribution >= 4 is 32.8 Å². The maximum atomic E-state index is 12.2. The van der Waals surface area contributed by atoms with Crippen LogP contribution in [0.5, 0.6) is 0 Å². The number of hydrogen-bond acceptors (Lipinski definition) is 9. The Morgan fingerprint density at radius 1 is 1.26 bits per heavy atom. The zero-order valence-electron chi connectivity index (χ0n) is 14.5. The fourth-order valence-corrected chi connectivity index (χ4v) is 3.04. The molecule has 27 heavy (non-hydrogen) atoms. The lowest BCUT2D eigenvalue weighted by atomic mass is 9.89. The van der Waals surface area contributed by atoms with Crippen LogP contribution in [0.4, 0.5) is 17.1 Å². The Labute approximate surface area is 153 Å². The first-order valence-corrected chi connectivity index (χ1v) is 8.92. The Kier molecular flexibility index (Phi) is 6.59. The zero-order valence-corrected chi connectivity index (χ0v) is 15.3. The Morgan fingerprint density at radius 2 is 1.74 bits per heavy atom. The number of nitro benzene ring substituents is 2. The molecule has 1 amide bonds. The smallest absolute Gasteiger partial charge is 0.297 e. The molecule has 0 unspecified atom stereocenters. The van der Waals surface area contributed by atoms with E-state index in [0.29, 0.717) is 18.6 Å². The minimum absolute atomic E-state index is 0.223. The molecule has 13 heteroatoms. The van der Waals surface area contributed by atoms with Crippen LogP contribution in [0, 0.1) is 25.6 Å².